The molecular formula is C29H35N3O8. The van der Waals surface area contributed by atoms with Gasteiger partial charge in [-0.3, -0.25) is 29.0 Å². The van der Waals surface area contributed by atoms with Crippen LogP contribution in [0.5, 0.6) is 5.75 Å². The molecule has 1 amide bonds. The number of piperidine rings is 1. The number of phenols is 1. The fraction of sp³-hybridized carbons (Fsp3) is 0.517. The zero-order valence-corrected chi connectivity index (χ0v) is 22.8. The Hall–Kier alpha value is -3.54. The van der Waals surface area contributed by atoms with E-state index in [-0.39, 0.29) is 42.1 Å². The molecule has 11 heteroatoms. The number of nitrogens with two attached hydrogens (primary N) is 1. The van der Waals surface area contributed by atoms with E-state index in [1.54, 1.807) is 14.1 Å². The molecule has 0 radical (unpaired) electrons. The number of amides is 1. The van der Waals surface area contributed by atoms with Crippen LogP contribution >= 0.6 is 0 Å². The van der Waals surface area contributed by atoms with E-state index in [1.165, 1.54) is 17.0 Å². The molecule has 40 heavy (non-hydrogen) atoms. The summed E-state index contributed by atoms with van der Waals surface area (Å²) >= 11 is 0. The summed E-state index contributed by atoms with van der Waals surface area (Å²) in [5, 5.41) is 44.7. The fourth-order valence-corrected chi connectivity index (χ4v) is 7.01. The molecule has 0 spiro atoms. The van der Waals surface area contributed by atoms with E-state index in [2.05, 4.69) is 11.8 Å². The number of carbonyl (C=O) groups excluding carboxylic acids is 4. The highest BCUT2D eigenvalue weighted by Gasteiger charge is 2.64. The lowest BCUT2D eigenvalue weighted by Gasteiger charge is -2.50. The van der Waals surface area contributed by atoms with Crippen LogP contribution in [-0.2, 0) is 20.8 Å². The van der Waals surface area contributed by atoms with E-state index in [0.717, 1.165) is 25.9 Å². The highest BCUT2D eigenvalue weighted by atomic mass is 16.3. The lowest BCUT2D eigenvalue weighted by Crippen LogP contribution is -2.65. The summed E-state index contributed by atoms with van der Waals surface area (Å²) in [5.74, 6) is -6.72. The van der Waals surface area contributed by atoms with Crippen LogP contribution in [-0.4, -0.2) is 98.9 Å². The summed E-state index contributed by atoms with van der Waals surface area (Å²) in [7, 11) is 3.09. The van der Waals surface area contributed by atoms with Crippen molar-refractivity contribution < 1.29 is 39.6 Å². The Labute approximate surface area is 231 Å². The zero-order valence-electron chi connectivity index (χ0n) is 22.8. The Balaban J connectivity index is 1.60. The van der Waals surface area contributed by atoms with Gasteiger partial charge in [-0.15, -0.1) is 0 Å². The summed E-state index contributed by atoms with van der Waals surface area (Å²) in [4.78, 5) is 56.2. The van der Waals surface area contributed by atoms with E-state index in [1.807, 2.05) is 0 Å². The van der Waals surface area contributed by atoms with Gasteiger partial charge in [0.05, 0.1) is 18.2 Å². The van der Waals surface area contributed by atoms with Crippen molar-refractivity contribution in [1.29, 1.82) is 0 Å². The molecule has 0 unspecified atom stereocenters. The number of aliphatic hydroxyl groups excluding tert-OH is 2. The van der Waals surface area contributed by atoms with Crippen molar-refractivity contribution in [1.82, 2.24) is 9.80 Å². The number of Topliss-reactive ketones (excluding diaryl/α,β-unsaturated/α-hetero) is 3. The van der Waals surface area contributed by atoms with Crippen LogP contribution in [0.25, 0.3) is 5.76 Å². The average Bonchev–Trinajstić information content (AvgIpc) is 2.87. The number of rotatable bonds is 5. The van der Waals surface area contributed by atoms with Crippen LogP contribution in [0.4, 0.5) is 0 Å². The van der Waals surface area contributed by atoms with Crippen LogP contribution in [0.2, 0.25) is 0 Å². The largest absolute Gasteiger partial charge is 0.508 e. The number of nitrogens with zero attached hydrogens (tertiary/aromatic N) is 2. The van der Waals surface area contributed by atoms with Crippen LogP contribution in [0.3, 0.4) is 0 Å². The molecule has 3 aliphatic carbocycles. The molecule has 214 valence electrons. The molecule has 11 nitrogen and oxygen atoms in total. The standard InChI is InChI=1S/C29H35N3O8/c1-13-6-8-32(9-7-13)12-19(34)15-4-5-18(33)21-16(15)10-14-11-17-23(31(2)3)25(36)22(28(30)39)27(38)29(17,40)26(37)20(14)24(21)35/h4-5,13-14,17,23,33,35,38,40H,6-12H2,1-3H3,(H2,30,39)/t14-,17-,23-,29-/m0/s1. The highest BCUT2D eigenvalue weighted by Crippen LogP contribution is 2.53. The normalized spacial score (nSPS) is 29.4. The van der Waals surface area contributed by atoms with Crippen LogP contribution in [0.1, 0.15) is 47.7 Å². The van der Waals surface area contributed by atoms with Gasteiger partial charge >= 0.3 is 0 Å². The average molecular weight is 554 g/mol. The second-order valence-corrected chi connectivity index (χ2v) is 11.8. The molecule has 5 rings (SSSR count). The van der Waals surface area contributed by atoms with E-state index in [9.17, 15) is 39.6 Å². The van der Waals surface area contributed by atoms with Crippen LogP contribution in [0, 0.1) is 17.8 Å². The number of primary amides is 1. The number of hydrogen-bond acceptors (Lipinski definition) is 10. The molecule has 4 atom stereocenters. The van der Waals surface area contributed by atoms with Crippen molar-refractivity contribution in [2.45, 2.75) is 44.2 Å². The number of benzene rings is 1. The molecule has 1 aliphatic heterocycles. The molecule has 1 saturated carbocycles. The predicted octanol–water partition coefficient (Wildman–Crippen LogP) is 0.879. The number of hydrogen-bond donors (Lipinski definition) is 5. The maximum atomic E-state index is 13.9. The summed E-state index contributed by atoms with van der Waals surface area (Å²) < 4.78 is 0. The lowest BCUT2D eigenvalue weighted by atomic mass is 9.57. The van der Waals surface area contributed by atoms with Gasteiger partial charge in [0.2, 0.25) is 5.78 Å². The molecule has 1 heterocycles. The minimum absolute atomic E-state index is 0.0287. The van der Waals surface area contributed by atoms with Gasteiger partial charge in [0, 0.05) is 17.1 Å². The van der Waals surface area contributed by atoms with Crippen molar-refractivity contribution in [3.63, 3.8) is 0 Å². The van der Waals surface area contributed by atoms with Gasteiger partial charge < -0.3 is 26.2 Å². The van der Waals surface area contributed by atoms with Crippen molar-refractivity contribution in [2.75, 3.05) is 33.7 Å². The Kier molecular flexibility index (Phi) is 6.88. The summed E-state index contributed by atoms with van der Waals surface area (Å²) in [5.41, 5.74) is 2.20. The first-order chi connectivity index (χ1) is 18.8. The minimum atomic E-state index is -2.70. The molecule has 1 saturated heterocycles. The van der Waals surface area contributed by atoms with E-state index in [0.29, 0.717) is 17.0 Å². The smallest absolute Gasteiger partial charge is 0.255 e. The number of likely N-dealkylation sites (tertiary alicyclic amines) is 1. The second-order valence-electron chi connectivity index (χ2n) is 11.8. The number of aromatic hydroxyl groups is 1. The highest BCUT2D eigenvalue weighted by molar-refractivity contribution is 6.24. The third-order valence-corrected chi connectivity index (χ3v) is 9.15. The first-order valence-electron chi connectivity index (χ1n) is 13.5. The van der Waals surface area contributed by atoms with Crippen LogP contribution in [0.15, 0.2) is 29.0 Å². The number of carbonyl (C=O) groups is 4. The van der Waals surface area contributed by atoms with Gasteiger partial charge in [0.15, 0.2) is 17.2 Å². The van der Waals surface area contributed by atoms with Crippen molar-refractivity contribution in [2.24, 2.45) is 23.5 Å². The molecule has 0 bridgehead atoms. The minimum Gasteiger partial charge on any atom is -0.508 e. The SMILES string of the molecule is CC1CCN(CC(=O)c2ccc(O)c3c2C[C@H]2C[C@H]4[C@H](N(C)C)C(=O)C(C(N)=O)=C(O)[C@@]4(O)C(=O)C2=C3O)CC1. The first kappa shape index (κ1) is 28.0. The van der Waals surface area contributed by atoms with E-state index >= 15 is 0 Å². The monoisotopic (exact) mass is 553 g/mol. The summed E-state index contributed by atoms with van der Waals surface area (Å²) in [6.45, 7) is 3.95. The van der Waals surface area contributed by atoms with Crippen molar-refractivity contribution >= 4 is 29.0 Å². The molecule has 0 aromatic heterocycles. The Morgan fingerprint density at radius 2 is 1.77 bits per heavy atom. The summed E-state index contributed by atoms with van der Waals surface area (Å²) in [6.07, 6.45) is 2.04. The van der Waals surface area contributed by atoms with Gasteiger partial charge in [-0.25, -0.2) is 0 Å². The Morgan fingerprint density at radius 3 is 2.38 bits per heavy atom. The fourth-order valence-electron chi connectivity index (χ4n) is 7.01. The van der Waals surface area contributed by atoms with Crippen LogP contribution < -0.4 is 5.73 Å². The van der Waals surface area contributed by atoms with Gasteiger partial charge in [0.1, 0.15) is 22.8 Å². The lowest BCUT2D eigenvalue weighted by molar-refractivity contribution is -0.153. The molecule has 4 aliphatic rings. The van der Waals surface area contributed by atoms with E-state index < -0.39 is 58.0 Å². The van der Waals surface area contributed by atoms with Crippen molar-refractivity contribution in [3.8, 4) is 5.75 Å². The van der Waals surface area contributed by atoms with Gasteiger partial charge in [0.25, 0.3) is 5.91 Å². The molecular weight excluding hydrogens is 518 g/mol. The number of phenolic OH excluding ortho intramolecular Hbond substituents is 1. The number of ketones is 3. The number of fused-ring (bicyclic) bond motifs is 3. The Morgan fingerprint density at radius 1 is 1.12 bits per heavy atom. The molecule has 1 aromatic rings. The third kappa shape index (κ3) is 4.06. The maximum Gasteiger partial charge on any atom is 0.255 e. The second kappa shape index (κ2) is 9.83. The Bertz CT molecular complexity index is 1390. The predicted molar refractivity (Wildman–Crippen MR) is 143 cm³/mol. The third-order valence-electron chi connectivity index (χ3n) is 9.15. The number of likely N-dealkylation sites (N-methyl/N-ethyl adjacent to an activating group) is 1. The van der Waals surface area contributed by atoms with Crippen molar-refractivity contribution in [3.05, 3.63) is 45.7 Å². The quantitative estimate of drug-likeness (QED) is 0.259. The van der Waals surface area contributed by atoms with Gasteiger partial charge in [-0.1, -0.05) is 6.92 Å². The first-order valence-corrected chi connectivity index (χ1v) is 13.5. The molecule has 1 aromatic carbocycles. The number of aliphatic hydroxyl groups is 3. The summed E-state index contributed by atoms with van der Waals surface area (Å²) in [6, 6.07) is 1.64. The van der Waals surface area contributed by atoms with Gasteiger partial charge in [-0.05, 0) is 82.4 Å². The van der Waals surface area contributed by atoms with E-state index in [4.69, 9.17) is 5.73 Å². The zero-order chi connectivity index (χ0) is 29.3. The maximum absolute atomic E-state index is 13.9. The van der Waals surface area contributed by atoms with Gasteiger partial charge in [-0.2, -0.15) is 0 Å². The topological polar surface area (TPSA) is 182 Å². The molecule has 6 N–H and O–H groups in total. The molecule has 2 fully saturated rings.